The van der Waals surface area contributed by atoms with E-state index in [0.717, 1.165) is 19.5 Å². The molecule has 0 saturated carbocycles. The quantitative estimate of drug-likeness (QED) is 0.694. The molecule has 0 aromatic rings. The van der Waals surface area contributed by atoms with Crippen LogP contribution in [-0.4, -0.2) is 48.9 Å². The molecule has 1 aliphatic rings. The molecule has 0 aliphatic carbocycles. The van der Waals surface area contributed by atoms with Gasteiger partial charge in [0.1, 0.15) is 0 Å². The Balaban J connectivity index is 2.20. The van der Waals surface area contributed by atoms with Crippen molar-refractivity contribution in [3.8, 4) is 0 Å². The molecular weight excluding hydrogens is 218 g/mol. The molecule has 2 amide bonds. The van der Waals surface area contributed by atoms with Gasteiger partial charge in [-0.05, 0) is 26.8 Å². The summed E-state index contributed by atoms with van der Waals surface area (Å²) in [7, 11) is 0. The van der Waals surface area contributed by atoms with Crippen LogP contribution in [0, 0.1) is 0 Å². The van der Waals surface area contributed by atoms with Gasteiger partial charge in [-0.25, -0.2) is 0 Å². The molecule has 5 nitrogen and oxygen atoms in total. The van der Waals surface area contributed by atoms with Crippen molar-refractivity contribution < 1.29 is 9.59 Å². The molecule has 98 valence electrons. The van der Waals surface area contributed by atoms with Gasteiger partial charge in [-0.3, -0.25) is 9.59 Å². The highest BCUT2D eigenvalue weighted by molar-refractivity contribution is 5.83. The highest BCUT2D eigenvalue weighted by Gasteiger charge is 2.17. The number of carbonyl (C=O) groups excluding carboxylic acids is 2. The minimum Gasteiger partial charge on any atom is -0.352 e. The summed E-state index contributed by atoms with van der Waals surface area (Å²) in [6.07, 6.45) is 1.59. The van der Waals surface area contributed by atoms with Crippen LogP contribution >= 0.6 is 0 Å². The number of nitrogens with one attached hydrogen (secondary N) is 2. The first kappa shape index (κ1) is 14.0. The van der Waals surface area contributed by atoms with Crippen LogP contribution in [0.25, 0.3) is 0 Å². The van der Waals surface area contributed by atoms with Crippen molar-refractivity contribution in [2.75, 3.05) is 26.2 Å². The van der Waals surface area contributed by atoms with Crippen LogP contribution < -0.4 is 10.6 Å². The van der Waals surface area contributed by atoms with Crippen molar-refractivity contribution in [3.05, 3.63) is 0 Å². The number of nitrogens with zero attached hydrogens (tertiary/aromatic N) is 1. The third kappa shape index (κ3) is 4.73. The predicted molar refractivity (Wildman–Crippen MR) is 66.6 cm³/mol. The summed E-state index contributed by atoms with van der Waals surface area (Å²) in [5, 5.41) is 6.13. The van der Waals surface area contributed by atoms with Crippen LogP contribution in [0.1, 0.15) is 33.1 Å². The monoisotopic (exact) mass is 241 g/mol. The Morgan fingerprint density at radius 1 is 1.29 bits per heavy atom. The molecule has 0 aromatic carbocycles. The van der Waals surface area contributed by atoms with Crippen molar-refractivity contribution >= 4 is 11.8 Å². The van der Waals surface area contributed by atoms with Crippen LogP contribution in [-0.2, 0) is 9.59 Å². The topological polar surface area (TPSA) is 61.4 Å². The molecule has 17 heavy (non-hydrogen) atoms. The zero-order valence-electron chi connectivity index (χ0n) is 10.8. The average molecular weight is 241 g/mol. The van der Waals surface area contributed by atoms with Gasteiger partial charge in [0.15, 0.2) is 0 Å². The first-order valence-electron chi connectivity index (χ1n) is 6.45. The second kappa shape index (κ2) is 7.27. The Hall–Kier alpha value is -1.10. The summed E-state index contributed by atoms with van der Waals surface area (Å²) < 4.78 is 0. The molecule has 1 saturated heterocycles. The summed E-state index contributed by atoms with van der Waals surface area (Å²) in [6, 6.07) is 0.242. The van der Waals surface area contributed by atoms with Crippen LogP contribution in [0.4, 0.5) is 0 Å². The lowest BCUT2D eigenvalue weighted by molar-refractivity contribution is -0.133. The maximum absolute atomic E-state index is 11.7. The Kier molecular flexibility index (Phi) is 5.97. The van der Waals surface area contributed by atoms with Gasteiger partial charge in [-0.1, -0.05) is 0 Å². The molecule has 1 rings (SSSR count). The molecule has 5 heteroatoms. The van der Waals surface area contributed by atoms with Crippen LogP contribution in [0.5, 0.6) is 0 Å². The fourth-order valence-corrected chi connectivity index (χ4v) is 2.03. The van der Waals surface area contributed by atoms with E-state index < -0.39 is 0 Å². The van der Waals surface area contributed by atoms with Gasteiger partial charge in [0.2, 0.25) is 11.8 Å². The maximum atomic E-state index is 11.7. The van der Waals surface area contributed by atoms with Crippen LogP contribution in [0.3, 0.4) is 0 Å². The smallest absolute Gasteiger partial charge is 0.223 e. The molecule has 0 bridgehead atoms. The Morgan fingerprint density at radius 2 is 2.00 bits per heavy atom. The number of amides is 2. The Bertz CT molecular complexity index is 258. The second-order valence-corrected chi connectivity index (χ2v) is 4.32. The molecule has 2 N–H and O–H groups in total. The summed E-state index contributed by atoms with van der Waals surface area (Å²) in [6.45, 7) is 7.13. The first-order valence-corrected chi connectivity index (χ1v) is 6.45. The third-order valence-electron chi connectivity index (χ3n) is 3.11. The van der Waals surface area contributed by atoms with E-state index in [1.54, 1.807) is 4.90 Å². The molecule has 1 unspecified atom stereocenters. The number of hydrogen-bond donors (Lipinski definition) is 2. The molecular formula is C12H23N3O2. The second-order valence-electron chi connectivity index (χ2n) is 4.32. The fourth-order valence-electron chi connectivity index (χ4n) is 2.03. The van der Waals surface area contributed by atoms with E-state index in [1.807, 2.05) is 13.8 Å². The fraction of sp³-hybridized carbons (Fsp3) is 0.833. The maximum Gasteiger partial charge on any atom is 0.223 e. The van der Waals surface area contributed by atoms with E-state index in [9.17, 15) is 9.59 Å². The Labute approximate surface area is 103 Å². The van der Waals surface area contributed by atoms with Gasteiger partial charge >= 0.3 is 0 Å². The van der Waals surface area contributed by atoms with Gasteiger partial charge in [-0.2, -0.15) is 0 Å². The molecule has 0 spiro atoms. The summed E-state index contributed by atoms with van der Waals surface area (Å²) in [5.41, 5.74) is 0. The molecule has 1 atom stereocenters. The summed E-state index contributed by atoms with van der Waals surface area (Å²) >= 11 is 0. The zero-order valence-corrected chi connectivity index (χ0v) is 10.8. The number of hydrogen-bond acceptors (Lipinski definition) is 3. The van der Waals surface area contributed by atoms with Crippen molar-refractivity contribution in [2.45, 2.75) is 39.2 Å². The minimum atomic E-state index is -0.0146. The third-order valence-corrected chi connectivity index (χ3v) is 3.11. The molecule has 1 fully saturated rings. The van der Waals surface area contributed by atoms with Gasteiger partial charge < -0.3 is 15.5 Å². The largest absolute Gasteiger partial charge is 0.352 e. The highest BCUT2D eigenvalue weighted by Crippen LogP contribution is 2.01. The number of carbonyl (C=O) groups is 2. The molecule has 0 aromatic heterocycles. The van der Waals surface area contributed by atoms with Gasteiger partial charge in [0, 0.05) is 38.5 Å². The van der Waals surface area contributed by atoms with E-state index in [2.05, 4.69) is 10.6 Å². The SMILES string of the molecule is CCN(CC)C(=O)CCC(=O)NC1CCNC1. The lowest BCUT2D eigenvalue weighted by atomic mass is 10.2. The van der Waals surface area contributed by atoms with Crippen molar-refractivity contribution in [2.24, 2.45) is 0 Å². The number of rotatable bonds is 6. The van der Waals surface area contributed by atoms with Crippen molar-refractivity contribution in [1.82, 2.24) is 15.5 Å². The zero-order chi connectivity index (χ0) is 12.7. The minimum absolute atomic E-state index is 0.0146. The molecule has 1 heterocycles. The normalized spacial score (nSPS) is 19.1. The Morgan fingerprint density at radius 3 is 2.53 bits per heavy atom. The van der Waals surface area contributed by atoms with Crippen LogP contribution in [0.15, 0.2) is 0 Å². The van der Waals surface area contributed by atoms with E-state index >= 15 is 0 Å². The van der Waals surface area contributed by atoms with Gasteiger partial charge in [-0.15, -0.1) is 0 Å². The lowest BCUT2D eigenvalue weighted by Gasteiger charge is -2.18. The van der Waals surface area contributed by atoms with E-state index in [-0.39, 0.29) is 17.9 Å². The van der Waals surface area contributed by atoms with Gasteiger partial charge in [0.05, 0.1) is 0 Å². The lowest BCUT2D eigenvalue weighted by Crippen LogP contribution is -2.37. The van der Waals surface area contributed by atoms with E-state index in [0.29, 0.717) is 25.9 Å². The predicted octanol–water partition coefficient (Wildman–Crippen LogP) is 0.113. The summed E-state index contributed by atoms with van der Waals surface area (Å²) in [5.74, 6) is 0.0499. The van der Waals surface area contributed by atoms with E-state index in [1.165, 1.54) is 0 Å². The van der Waals surface area contributed by atoms with Crippen LogP contribution in [0.2, 0.25) is 0 Å². The standard InChI is InChI=1S/C12H23N3O2/c1-3-15(4-2)12(17)6-5-11(16)14-10-7-8-13-9-10/h10,13H,3-9H2,1-2H3,(H,14,16). The molecule has 0 radical (unpaired) electrons. The summed E-state index contributed by atoms with van der Waals surface area (Å²) in [4.78, 5) is 25.0. The van der Waals surface area contributed by atoms with E-state index in [4.69, 9.17) is 0 Å². The van der Waals surface area contributed by atoms with Gasteiger partial charge in [0.25, 0.3) is 0 Å². The van der Waals surface area contributed by atoms with Crippen molar-refractivity contribution in [1.29, 1.82) is 0 Å². The molecule has 1 aliphatic heterocycles. The van der Waals surface area contributed by atoms with Crippen molar-refractivity contribution in [3.63, 3.8) is 0 Å². The first-order chi connectivity index (χ1) is 8.17. The average Bonchev–Trinajstić information content (AvgIpc) is 2.81. The highest BCUT2D eigenvalue weighted by atomic mass is 16.2.